The number of nitrogens with one attached hydrogen (secondary N) is 1. The number of carboxylic acid groups (broad SMARTS) is 1. The first-order valence-corrected chi connectivity index (χ1v) is 5.76. The average molecular weight is 291 g/mol. The second-order valence-corrected chi connectivity index (χ2v) is 4.09. The van der Waals surface area contributed by atoms with Crippen molar-refractivity contribution < 1.29 is 29.3 Å². The van der Waals surface area contributed by atoms with Gasteiger partial charge in [0.05, 0.1) is 5.69 Å². The molecule has 6 nitrogen and oxygen atoms in total. The lowest BCUT2D eigenvalue weighted by atomic mass is 10.1. The predicted octanol–water partition coefficient (Wildman–Crippen LogP) is 2.19. The molecule has 0 spiro atoms. The van der Waals surface area contributed by atoms with E-state index < -0.39 is 40.3 Å². The molecule has 1 amide bonds. The first-order valence-electron chi connectivity index (χ1n) is 5.76. The van der Waals surface area contributed by atoms with Crippen molar-refractivity contribution in [2.45, 2.75) is 0 Å². The van der Waals surface area contributed by atoms with E-state index in [1.54, 1.807) is 0 Å². The molecule has 0 aliphatic carbocycles. The van der Waals surface area contributed by atoms with Crippen LogP contribution in [0.15, 0.2) is 36.4 Å². The van der Waals surface area contributed by atoms with E-state index >= 15 is 0 Å². The Kier molecular flexibility index (Phi) is 3.75. The zero-order valence-electron chi connectivity index (χ0n) is 10.5. The third-order valence-electron chi connectivity index (χ3n) is 2.72. The van der Waals surface area contributed by atoms with Crippen LogP contribution >= 0.6 is 0 Å². The van der Waals surface area contributed by atoms with Gasteiger partial charge in [0.2, 0.25) is 0 Å². The molecule has 0 fully saturated rings. The first-order chi connectivity index (χ1) is 9.91. The van der Waals surface area contributed by atoms with Crippen molar-refractivity contribution in [2.75, 3.05) is 5.32 Å². The number of aromatic carboxylic acids is 1. The number of benzene rings is 2. The van der Waals surface area contributed by atoms with Crippen LogP contribution in [0.3, 0.4) is 0 Å². The number of hydrogen-bond acceptors (Lipinski definition) is 4. The van der Waals surface area contributed by atoms with E-state index in [9.17, 15) is 24.2 Å². The van der Waals surface area contributed by atoms with Crippen LogP contribution in [0.2, 0.25) is 0 Å². The van der Waals surface area contributed by atoms with E-state index in [4.69, 9.17) is 5.11 Å². The van der Waals surface area contributed by atoms with E-state index in [0.29, 0.717) is 0 Å². The van der Waals surface area contributed by atoms with Crippen molar-refractivity contribution in [3.05, 3.63) is 53.3 Å². The lowest BCUT2D eigenvalue weighted by Crippen LogP contribution is -2.16. The molecule has 0 saturated carbocycles. The smallest absolute Gasteiger partial charge is 0.340 e. The molecule has 4 N–H and O–H groups in total. The van der Waals surface area contributed by atoms with Gasteiger partial charge in [0.25, 0.3) is 5.91 Å². The van der Waals surface area contributed by atoms with Gasteiger partial charge in [-0.25, -0.2) is 9.18 Å². The number of carboxylic acids is 1. The van der Waals surface area contributed by atoms with Crippen molar-refractivity contribution in [3.8, 4) is 11.5 Å². The Balaban J connectivity index is 2.42. The largest absolute Gasteiger partial charge is 0.507 e. The predicted molar refractivity (Wildman–Crippen MR) is 71.1 cm³/mol. The molecule has 0 heterocycles. The summed E-state index contributed by atoms with van der Waals surface area (Å²) in [5.41, 5.74) is -1.42. The Labute approximate surface area is 118 Å². The molecule has 2 aromatic rings. The number of anilines is 1. The molecule has 0 aliphatic rings. The van der Waals surface area contributed by atoms with E-state index in [-0.39, 0.29) is 5.69 Å². The van der Waals surface area contributed by atoms with Crippen LogP contribution in [0.4, 0.5) is 10.1 Å². The molecule has 0 aliphatic heterocycles. The Bertz CT molecular complexity index is 709. The van der Waals surface area contributed by atoms with Crippen LogP contribution in [-0.2, 0) is 0 Å². The van der Waals surface area contributed by atoms with Crippen molar-refractivity contribution >= 4 is 17.6 Å². The number of amides is 1. The molecule has 0 radical (unpaired) electrons. The van der Waals surface area contributed by atoms with Gasteiger partial charge in [-0.15, -0.1) is 0 Å². The highest BCUT2D eigenvalue weighted by Crippen LogP contribution is 2.28. The molecule has 7 heteroatoms. The maximum Gasteiger partial charge on any atom is 0.340 e. The monoisotopic (exact) mass is 291 g/mol. The summed E-state index contributed by atoms with van der Waals surface area (Å²) in [6, 6.07) is 7.04. The number of phenols is 2. The second-order valence-electron chi connectivity index (χ2n) is 4.09. The highest BCUT2D eigenvalue weighted by molar-refractivity contribution is 6.10. The van der Waals surface area contributed by atoms with E-state index in [2.05, 4.69) is 5.32 Å². The number of carbonyl (C=O) groups is 2. The number of carbonyl (C=O) groups excluding carboxylic acids is 1. The summed E-state index contributed by atoms with van der Waals surface area (Å²) in [5.74, 6) is -4.49. The second kappa shape index (κ2) is 5.49. The molecule has 0 atom stereocenters. The lowest BCUT2D eigenvalue weighted by Gasteiger charge is -2.11. The lowest BCUT2D eigenvalue weighted by molar-refractivity contribution is 0.0693. The van der Waals surface area contributed by atoms with Crippen LogP contribution in [0.25, 0.3) is 0 Å². The minimum Gasteiger partial charge on any atom is -0.507 e. The topological polar surface area (TPSA) is 107 Å². The van der Waals surface area contributed by atoms with Crippen molar-refractivity contribution in [3.63, 3.8) is 0 Å². The zero-order chi connectivity index (χ0) is 15.6. The molecular formula is C14H10FNO5. The highest BCUT2D eigenvalue weighted by Gasteiger charge is 2.21. The Hall–Kier alpha value is -3.09. The van der Waals surface area contributed by atoms with Gasteiger partial charge in [-0.05, 0) is 24.3 Å². The molecule has 0 saturated heterocycles. The maximum atomic E-state index is 13.5. The molecule has 21 heavy (non-hydrogen) atoms. The standard InChI is InChI=1S/C14H10FNO5/c15-7-3-1-4-8(11(7)14(20)21)16-13(19)12-9(17)5-2-6-10(12)18/h1-6,17-18H,(H,16,19)(H,20,21). The van der Waals surface area contributed by atoms with E-state index in [0.717, 1.165) is 6.07 Å². The molecule has 0 unspecified atom stereocenters. The summed E-state index contributed by atoms with van der Waals surface area (Å²) in [5, 5.41) is 30.2. The minimum absolute atomic E-state index is 0.282. The molecule has 0 aromatic heterocycles. The van der Waals surface area contributed by atoms with E-state index in [1.807, 2.05) is 0 Å². The van der Waals surface area contributed by atoms with Crippen LogP contribution in [-0.4, -0.2) is 27.2 Å². The number of rotatable bonds is 3. The van der Waals surface area contributed by atoms with Crippen LogP contribution in [0.5, 0.6) is 11.5 Å². The summed E-state index contributed by atoms with van der Waals surface area (Å²) in [6.07, 6.45) is 0. The Morgan fingerprint density at radius 2 is 1.52 bits per heavy atom. The molecule has 0 bridgehead atoms. The summed E-state index contributed by atoms with van der Waals surface area (Å²) < 4.78 is 13.5. The molecule has 2 aromatic carbocycles. The summed E-state index contributed by atoms with van der Waals surface area (Å²) in [4.78, 5) is 23.0. The number of halogens is 1. The van der Waals surface area contributed by atoms with Crippen molar-refractivity contribution in [1.29, 1.82) is 0 Å². The fourth-order valence-electron chi connectivity index (χ4n) is 1.79. The normalized spacial score (nSPS) is 10.1. The van der Waals surface area contributed by atoms with Crippen LogP contribution in [0, 0.1) is 5.82 Å². The van der Waals surface area contributed by atoms with Crippen LogP contribution in [0.1, 0.15) is 20.7 Å². The first kappa shape index (κ1) is 14.3. The van der Waals surface area contributed by atoms with Crippen molar-refractivity contribution in [2.24, 2.45) is 0 Å². The van der Waals surface area contributed by atoms with Gasteiger partial charge in [-0.2, -0.15) is 0 Å². The van der Waals surface area contributed by atoms with Gasteiger partial charge in [-0.1, -0.05) is 12.1 Å². The molecule has 2 rings (SSSR count). The average Bonchev–Trinajstić information content (AvgIpc) is 2.37. The minimum atomic E-state index is -1.55. The quantitative estimate of drug-likeness (QED) is 0.693. The van der Waals surface area contributed by atoms with Gasteiger partial charge >= 0.3 is 5.97 Å². The van der Waals surface area contributed by atoms with Gasteiger partial charge in [0.1, 0.15) is 28.4 Å². The van der Waals surface area contributed by atoms with E-state index in [1.165, 1.54) is 30.3 Å². The third-order valence-corrected chi connectivity index (χ3v) is 2.72. The summed E-state index contributed by atoms with van der Waals surface area (Å²) in [6.45, 7) is 0. The number of hydrogen-bond donors (Lipinski definition) is 4. The highest BCUT2D eigenvalue weighted by atomic mass is 19.1. The zero-order valence-corrected chi connectivity index (χ0v) is 10.5. The van der Waals surface area contributed by atoms with Gasteiger partial charge in [0, 0.05) is 0 Å². The van der Waals surface area contributed by atoms with Crippen molar-refractivity contribution in [1.82, 2.24) is 0 Å². The van der Waals surface area contributed by atoms with Crippen LogP contribution < -0.4 is 5.32 Å². The SMILES string of the molecule is O=C(Nc1cccc(F)c1C(=O)O)c1c(O)cccc1O. The van der Waals surface area contributed by atoms with Gasteiger partial charge < -0.3 is 20.6 Å². The van der Waals surface area contributed by atoms with Gasteiger partial charge in [0.15, 0.2) is 0 Å². The number of aromatic hydroxyl groups is 2. The Morgan fingerprint density at radius 1 is 0.952 bits per heavy atom. The fourth-order valence-corrected chi connectivity index (χ4v) is 1.79. The maximum absolute atomic E-state index is 13.5. The third kappa shape index (κ3) is 2.76. The molecule has 108 valence electrons. The van der Waals surface area contributed by atoms with Gasteiger partial charge in [-0.3, -0.25) is 4.79 Å². The summed E-state index contributed by atoms with van der Waals surface area (Å²) >= 11 is 0. The Morgan fingerprint density at radius 3 is 2.10 bits per heavy atom. The fraction of sp³-hybridized carbons (Fsp3) is 0. The number of phenolic OH excluding ortho intramolecular Hbond substituents is 2. The molecular weight excluding hydrogens is 281 g/mol. The summed E-state index contributed by atoms with van der Waals surface area (Å²) in [7, 11) is 0.